The summed E-state index contributed by atoms with van der Waals surface area (Å²) in [7, 11) is 0. The number of unbranched alkanes of at least 4 members (excludes halogenated alkanes) is 8. The zero-order valence-electron chi connectivity index (χ0n) is 24.9. The number of carbonyl (C=O) groups excluding carboxylic acids is 1. The molecule has 0 bridgehead atoms. The van der Waals surface area contributed by atoms with E-state index in [4.69, 9.17) is 9.47 Å². The van der Waals surface area contributed by atoms with E-state index in [-0.39, 0.29) is 5.41 Å². The van der Waals surface area contributed by atoms with E-state index in [0.717, 1.165) is 48.3 Å². The fourth-order valence-electron chi connectivity index (χ4n) is 5.65. The lowest BCUT2D eigenvalue weighted by Gasteiger charge is -2.11. The van der Waals surface area contributed by atoms with Crippen molar-refractivity contribution in [2.24, 2.45) is 5.92 Å². The zero-order chi connectivity index (χ0) is 28.9. The van der Waals surface area contributed by atoms with Crippen molar-refractivity contribution in [3.05, 3.63) is 83.9 Å². The summed E-state index contributed by atoms with van der Waals surface area (Å²) < 4.78 is 11.5. The molecule has 1 aliphatic rings. The van der Waals surface area contributed by atoms with Crippen LogP contribution in [0, 0.1) is 17.2 Å². The van der Waals surface area contributed by atoms with E-state index < -0.39 is 5.97 Å². The highest BCUT2D eigenvalue weighted by atomic mass is 16.5. The third-order valence-electron chi connectivity index (χ3n) is 8.37. The largest absolute Gasteiger partial charge is 0.494 e. The summed E-state index contributed by atoms with van der Waals surface area (Å²) in [5, 5.41) is 9.90. The highest BCUT2D eigenvalue weighted by Crippen LogP contribution is 2.56. The molecule has 0 radical (unpaired) electrons. The average Bonchev–Trinajstić information content (AvgIpc) is 3.74. The molecule has 4 nitrogen and oxygen atoms in total. The molecule has 4 rings (SSSR count). The average molecular weight is 552 g/mol. The molecule has 0 unspecified atom stereocenters. The zero-order valence-corrected chi connectivity index (χ0v) is 24.9. The molecule has 0 N–H and O–H groups in total. The summed E-state index contributed by atoms with van der Waals surface area (Å²) in [4.78, 5) is 12.8. The number of ether oxygens (including phenoxy) is 2. The molecule has 0 saturated heterocycles. The highest BCUT2D eigenvalue weighted by molar-refractivity contribution is 5.91. The fourth-order valence-corrected chi connectivity index (χ4v) is 5.65. The van der Waals surface area contributed by atoms with Gasteiger partial charge in [0, 0.05) is 0 Å². The lowest BCUT2D eigenvalue weighted by molar-refractivity contribution is 0.0734. The molecule has 1 aliphatic carbocycles. The third-order valence-corrected chi connectivity index (χ3v) is 8.37. The minimum absolute atomic E-state index is 0.372. The molecule has 3 aromatic rings. The Morgan fingerprint density at radius 1 is 0.756 bits per heavy atom. The number of nitrogens with zero attached hydrogens (tertiary/aromatic N) is 1. The predicted octanol–water partition coefficient (Wildman–Crippen LogP) is 10.1. The quantitative estimate of drug-likeness (QED) is 0.0951. The van der Waals surface area contributed by atoms with Crippen molar-refractivity contribution in [1.82, 2.24) is 0 Å². The maximum atomic E-state index is 12.8. The normalized spacial score (nSPS) is 17.5. The minimum Gasteiger partial charge on any atom is -0.494 e. The second kappa shape index (κ2) is 15.4. The van der Waals surface area contributed by atoms with Gasteiger partial charge in [-0.05, 0) is 78.3 Å². The number of esters is 1. The molecule has 216 valence electrons. The Kier molecular flexibility index (Phi) is 11.4. The van der Waals surface area contributed by atoms with Gasteiger partial charge in [0.1, 0.15) is 11.5 Å². The van der Waals surface area contributed by atoms with E-state index in [2.05, 4.69) is 32.0 Å². The van der Waals surface area contributed by atoms with Crippen LogP contribution in [0.25, 0.3) is 11.1 Å². The fraction of sp³-hybridized carbons (Fsp3) is 0.459. The number of nitriles is 1. The van der Waals surface area contributed by atoms with E-state index in [1.807, 2.05) is 48.5 Å². The molecule has 41 heavy (non-hydrogen) atoms. The smallest absolute Gasteiger partial charge is 0.343 e. The summed E-state index contributed by atoms with van der Waals surface area (Å²) in [5.74, 6) is 1.43. The molecule has 4 heteroatoms. The first-order valence-corrected chi connectivity index (χ1v) is 15.7. The Hall–Kier alpha value is -3.58. The van der Waals surface area contributed by atoms with Crippen molar-refractivity contribution in [2.75, 3.05) is 6.61 Å². The van der Waals surface area contributed by atoms with Crippen molar-refractivity contribution in [3.8, 4) is 28.7 Å². The van der Waals surface area contributed by atoms with Crippen molar-refractivity contribution in [1.29, 1.82) is 5.26 Å². The number of hydrogen-bond acceptors (Lipinski definition) is 4. The minimum atomic E-state index is -0.391. The summed E-state index contributed by atoms with van der Waals surface area (Å²) in [6, 6.07) is 25.7. The first-order valence-electron chi connectivity index (χ1n) is 15.7. The molecule has 3 aromatic carbocycles. The lowest BCUT2D eigenvalue weighted by atomic mass is 9.93. The van der Waals surface area contributed by atoms with Crippen molar-refractivity contribution in [2.45, 2.75) is 96.3 Å². The molecule has 0 aromatic heterocycles. The Morgan fingerprint density at radius 2 is 1.32 bits per heavy atom. The van der Waals surface area contributed by atoms with Crippen LogP contribution in [0.4, 0.5) is 0 Å². The van der Waals surface area contributed by atoms with E-state index in [0.29, 0.717) is 17.2 Å². The van der Waals surface area contributed by atoms with Crippen LogP contribution in [0.15, 0.2) is 72.8 Å². The third kappa shape index (κ3) is 8.46. The van der Waals surface area contributed by atoms with Gasteiger partial charge in [-0.2, -0.15) is 5.26 Å². The van der Waals surface area contributed by atoms with Crippen LogP contribution in [0.1, 0.15) is 107 Å². The Morgan fingerprint density at radius 3 is 1.95 bits per heavy atom. The number of benzene rings is 3. The van der Waals surface area contributed by atoms with Gasteiger partial charge < -0.3 is 9.47 Å². The lowest BCUT2D eigenvalue weighted by Crippen LogP contribution is -2.10. The van der Waals surface area contributed by atoms with Gasteiger partial charge in [-0.3, -0.25) is 0 Å². The number of hydrogen-bond donors (Lipinski definition) is 0. The van der Waals surface area contributed by atoms with Crippen LogP contribution in [0.2, 0.25) is 0 Å². The van der Waals surface area contributed by atoms with E-state index >= 15 is 0 Å². The van der Waals surface area contributed by atoms with Crippen LogP contribution in [-0.4, -0.2) is 12.6 Å². The van der Waals surface area contributed by atoms with Crippen molar-refractivity contribution < 1.29 is 14.3 Å². The Bertz CT molecular complexity index is 1260. The second-order valence-electron chi connectivity index (χ2n) is 11.5. The molecular weight excluding hydrogens is 506 g/mol. The molecule has 0 aliphatic heterocycles. The van der Waals surface area contributed by atoms with E-state index in [1.54, 1.807) is 12.1 Å². The van der Waals surface area contributed by atoms with E-state index in [1.165, 1.54) is 57.8 Å². The monoisotopic (exact) mass is 551 g/mol. The highest BCUT2D eigenvalue weighted by Gasteiger charge is 2.55. The van der Waals surface area contributed by atoms with Gasteiger partial charge in [-0.25, -0.2) is 4.79 Å². The Labute approximate surface area is 246 Å². The number of rotatable bonds is 17. The van der Waals surface area contributed by atoms with Gasteiger partial charge in [0.2, 0.25) is 0 Å². The van der Waals surface area contributed by atoms with Crippen LogP contribution in [0.5, 0.6) is 11.5 Å². The maximum absolute atomic E-state index is 12.8. The standard InChI is InChI=1S/C37H45NO3/c1-3-5-7-9-10-12-26-40-34-22-18-30(19-23-34)29-14-16-31(17-15-29)36(39)41-35-24-20-32(21-25-35)37(28-38)27-33(37)13-11-8-6-4-2/h14-25,33H,3-13,26-27H2,1-2H3/t33-,37+/m0/s1. The predicted molar refractivity (Wildman–Crippen MR) is 166 cm³/mol. The van der Waals surface area contributed by atoms with Crippen LogP contribution >= 0.6 is 0 Å². The summed E-state index contributed by atoms with van der Waals surface area (Å²) in [6.45, 7) is 5.21. The first kappa shape index (κ1) is 30.4. The summed E-state index contributed by atoms with van der Waals surface area (Å²) in [5.41, 5.74) is 3.26. The van der Waals surface area contributed by atoms with Gasteiger partial charge in [0.05, 0.1) is 23.7 Å². The Balaban J connectivity index is 1.25. The SMILES string of the molecule is CCCCCCCCOc1ccc(-c2ccc(C(=O)Oc3ccc([C@]4(C#N)C[C@@H]4CCCCCC)cc3)cc2)cc1. The second-order valence-corrected chi connectivity index (χ2v) is 11.5. The van der Waals surface area contributed by atoms with Gasteiger partial charge in [0.25, 0.3) is 0 Å². The molecule has 1 fully saturated rings. The van der Waals surface area contributed by atoms with Crippen LogP contribution < -0.4 is 9.47 Å². The number of carbonyl (C=O) groups is 1. The van der Waals surface area contributed by atoms with Crippen molar-refractivity contribution >= 4 is 5.97 Å². The van der Waals surface area contributed by atoms with Crippen LogP contribution in [-0.2, 0) is 5.41 Å². The summed E-state index contributed by atoms with van der Waals surface area (Å²) in [6.07, 6.45) is 14.5. The molecule has 0 spiro atoms. The summed E-state index contributed by atoms with van der Waals surface area (Å²) >= 11 is 0. The molecular formula is C37H45NO3. The molecule has 2 atom stereocenters. The maximum Gasteiger partial charge on any atom is 0.343 e. The molecule has 0 heterocycles. The molecule has 0 amide bonds. The van der Waals surface area contributed by atoms with Gasteiger partial charge >= 0.3 is 5.97 Å². The van der Waals surface area contributed by atoms with E-state index in [9.17, 15) is 10.1 Å². The van der Waals surface area contributed by atoms with Crippen LogP contribution in [0.3, 0.4) is 0 Å². The van der Waals surface area contributed by atoms with Gasteiger partial charge in [-0.1, -0.05) is 108 Å². The first-order chi connectivity index (χ1) is 20.1. The van der Waals surface area contributed by atoms with Gasteiger partial charge in [0.15, 0.2) is 0 Å². The topological polar surface area (TPSA) is 59.3 Å². The van der Waals surface area contributed by atoms with Gasteiger partial charge in [-0.15, -0.1) is 0 Å². The molecule has 1 saturated carbocycles. The van der Waals surface area contributed by atoms with Crippen molar-refractivity contribution in [3.63, 3.8) is 0 Å².